The third kappa shape index (κ3) is 3.17. The lowest BCUT2D eigenvalue weighted by Crippen LogP contribution is -2.41. The molecular weight excluding hydrogens is 290 g/mol. The smallest absolute Gasteiger partial charge is 0.288 e. The molecule has 0 saturated carbocycles. The van der Waals surface area contributed by atoms with Crippen molar-refractivity contribution >= 4 is 5.91 Å². The summed E-state index contributed by atoms with van der Waals surface area (Å²) in [6.07, 6.45) is 3.72. The van der Waals surface area contributed by atoms with Gasteiger partial charge in [0, 0.05) is 30.2 Å². The van der Waals surface area contributed by atoms with Crippen molar-refractivity contribution in [2.45, 2.75) is 5.92 Å². The van der Waals surface area contributed by atoms with Gasteiger partial charge in [-0.2, -0.15) is 0 Å². The van der Waals surface area contributed by atoms with Gasteiger partial charge in [-0.1, -0.05) is 6.07 Å². The molecule has 0 radical (unpaired) electrons. The molecule has 1 aliphatic heterocycles. The average molecular weight is 306 g/mol. The summed E-state index contributed by atoms with van der Waals surface area (Å²) in [6.45, 7) is -0.958. The second kappa shape index (κ2) is 5.88. The molecule has 1 aromatic carbocycles. The number of carbonyl (C=O) groups excluding carboxylic acids is 1. The van der Waals surface area contributed by atoms with E-state index in [1.165, 1.54) is 0 Å². The van der Waals surface area contributed by atoms with Crippen LogP contribution in [0.5, 0.6) is 0 Å². The summed E-state index contributed by atoms with van der Waals surface area (Å²) < 4.78 is 33.9. The van der Waals surface area contributed by atoms with Crippen LogP contribution < -0.4 is 0 Å². The van der Waals surface area contributed by atoms with E-state index in [-0.39, 0.29) is 13.2 Å². The summed E-state index contributed by atoms with van der Waals surface area (Å²) in [6, 6.07) is 10.7. The fraction of sp³-hybridized carbons (Fsp3) is 0.312. The van der Waals surface area contributed by atoms with Crippen molar-refractivity contribution in [1.82, 2.24) is 9.47 Å². The minimum Gasteiger partial charge on any atom is -0.373 e. The summed E-state index contributed by atoms with van der Waals surface area (Å²) in [5.41, 5.74) is 1.21. The number of carbonyl (C=O) groups is 1. The van der Waals surface area contributed by atoms with Gasteiger partial charge in [-0.25, -0.2) is 8.78 Å². The Kier molecular flexibility index (Phi) is 3.94. The molecule has 2 aromatic rings. The van der Waals surface area contributed by atoms with Crippen LogP contribution in [0.4, 0.5) is 8.78 Å². The summed E-state index contributed by atoms with van der Waals surface area (Å²) in [7, 11) is 0. The third-order valence-electron chi connectivity index (χ3n) is 3.52. The number of rotatable bonds is 2. The zero-order chi connectivity index (χ0) is 15.6. The number of hydrogen-bond acceptors (Lipinski definition) is 2. The van der Waals surface area contributed by atoms with Crippen LogP contribution >= 0.6 is 0 Å². The van der Waals surface area contributed by atoms with E-state index in [0.717, 1.165) is 10.6 Å². The van der Waals surface area contributed by atoms with Crippen LogP contribution in [0, 0.1) is 0 Å². The lowest BCUT2D eigenvalue weighted by molar-refractivity contribution is -0.0660. The number of ether oxygens (including phenoxy) is 1. The molecule has 6 heteroatoms. The molecule has 1 amide bonds. The fourth-order valence-corrected chi connectivity index (χ4v) is 2.46. The number of hydrogen-bond donors (Lipinski definition) is 0. The molecule has 0 atom stereocenters. The van der Waals surface area contributed by atoms with Crippen LogP contribution in [0.3, 0.4) is 0 Å². The van der Waals surface area contributed by atoms with Crippen LogP contribution in [0.1, 0.15) is 10.4 Å². The highest BCUT2D eigenvalue weighted by Crippen LogP contribution is 2.21. The molecule has 1 saturated heterocycles. The lowest BCUT2D eigenvalue weighted by atomic mass is 10.1. The number of aromatic nitrogens is 1. The molecular formula is C16H16F2N2O2. The zero-order valence-electron chi connectivity index (χ0n) is 11.9. The molecule has 3 rings (SSSR count). The molecule has 2 heterocycles. The van der Waals surface area contributed by atoms with Gasteiger partial charge in [0.25, 0.3) is 11.8 Å². The van der Waals surface area contributed by atoms with Crippen LogP contribution in [-0.2, 0) is 4.74 Å². The molecule has 22 heavy (non-hydrogen) atoms. The fourth-order valence-electron chi connectivity index (χ4n) is 2.46. The number of halogens is 2. The highest BCUT2D eigenvalue weighted by atomic mass is 19.3. The van der Waals surface area contributed by atoms with E-state index in [9.17, 15) is 13.6 Å². The molecule has 0 N–H and O–H groups in total. The van der Waals surface area contributed by atoms with Crippen molar-refractivity contribution in [3.8, 4) is 5.69 Å². The maximum Gasteiger partial charge on any atom is 0.288 e. The van der Waals surface area contributed by atoms with Gasteiger partial charge in [0.1, 0.15) is 6.61 Å². The molecule has 1 aromatic heterocycles. The quantitative estimate of drug-likeness (QED) is 0.855. The molecule has 0 aliphatic carbocycles. The second-order valence-electron chi connectivity index (χ2n) is 5.28. The van der Waals surface area contributed by atoms with E-state index in [1.807, 2.05) is 35.2 Å². The van der Waals surface area contributed by atoms with E-state index in [4.69, 9.17) is 4.74 Å². The van der Waals surface area contributed by atoms with Crippen molar-refractivity contribution in [1.29, 1.82) is 0 Å². The maximum absolute atomic E-state index is 13.6. The van der Waals surface area contributed by atoms with Gasteiger partial charge in [0.2, 0.25) is 0 Å². The summed E-state index contributed by atoms with van der Waals surface area (Å²) in [5.74, 6) is -3.41. The average Bonchev–Trinajstić information content (AvgIpc) is 2.98. The van der Waals surface area contributed by atoms with Gasteiger partial charge in [-0.05, 0) is 30.3 Å². The van der Waals surface area contributed by atoms with Gasteiger partial charge in [-0.15, -0.1) is 0 Å². The zero-order valence-corrected chi connectivity index (χ0v) is 11.9. The Morgan fingerprint density at radius 1 is 1.18 bits per heavy atom. The standard InChI is InChI=1S/C16H16F2N2O2/c17-16(18)11-20(8-9-22-12-16)15(21)13-4-3-5-14(10-13)19-6-1-2-7-19/h1-7,10H,8-9,11-12H2. The van der Waals surface area contributed by atoms with Gasteiger partial charge < -0.3 is 14.2 Å². The summed E-state index contributed by atoms with van der Waals surface area (Å²) in [4.78, 5) is 13.6. The van der Waals surface area contributed by atoms with Gasteiger partial charge in [0.15, 0.2) is 0 Å². The Labute approximate surface area is 126 Å². The predicted molar refractivity (Wildman–Crippen MR) is 77.4 cm³/mol. The SMILES string of the molecule is O=C(c1cccc(-n2cccc2)c1)N1CCOCC(F)(F)C1. The summed E-state index contributed by atoms with van der Waals surface area (Å²) in [5, 5.41) is 0. The van der Waals surface area contributed by atoms with Crippen molar-refractivity contribution < 1.29 is 18.3 Å². The minimum absolute atomic E-state index is 0.124. The van der Waals surface area contributed by atoms with Crippen LogP contribution in [-0.4, -0.2) is 47.6 Å². The number of benzene rings is 1. The van der Waals surface area contributed by atoms with Crippen LogP contribution in [0.2, 0.25) is 0 Å². The second-order valence-corrected chi connectivity index (χ2v) is 5.28. The first kappa shape index (κ1) is 14.7. The van der Waals surface area contributed by atoms with Crippen molar-refractivity contribution in [3.63, 3.8) is 0 Å². The van der Waals surface area contributed by atoms with Gasteiger partial charge >= 0.3 is 0 Å². The Bertz CT molecular complexity index is 656. The van der Waals surface area contributed by atoms with E-state index in [1.54, 1.807) is 18.2 Å². The Morgan fingerprint density at radius 3 is 2.73 bits per heavy atom. The van der Waals surface area contributed by atoms with Crippen molar-refractivity contribution in [2.24, 2.45) is 0 Å². The minimum atomic E-state index is -3.01. The van der Waals surface area contributed by atoms with E-state index in [0.29, 0.717) is 5.56 Å². The predicted octanol–water partition coefficient (Wildman–Crippen LogP) is 2.59. The molecule has 116 valence electrons. The topological polar surface area (TPSA) is 34.5 Å². The first-order valence-corrected chi connectivity index (χ1v) is 7.03. The molecule has 4 nitrogen and oxygen atoms in total. The summed E-state index contributed by atoms with van der Waals surface area (Å²) >= 11 is 0. The molecule has 1 aliphatic rings. The van der Waals surface area contributed by atoms with E-state index in [2.05, 4.69) is 0 Å². The largest absolute Gasteiger partial charge is 0.373 e. The maximum atomic E-state index is 13.6. The Hall–Kier alpha value is -2.21. The molecule has 1 fully saturated rings. The molecule has 0 spiro atoms. The highest BCUT2D eigenvalue weighted by Gasteiger charge is 2.36. The van der Waals surface area contributed by atoms with Crippen LogP contribution in [0.15, 0.2) is 48.8 Å². The van der Waals surface area contributed by atoms with Gasteiger partial charge in [0.05, 0.1) is 13.2 Å². The Morgan fingerprint density at radius 2 is 1.95 bits per heavy atom. The monoisotopic (exact) mass is 306 g/mol. The van der Waals surface area contributed by atoms with Crippen molar-refractivity contribution in [3.05, 3.63) is 54.4 Å². The number of amides is 1. The van der Waals surface area contributed by atoms with Gasteiger partial charge in [-0.3, -0.25) is 4.79 Å². The number of nitrogens with zero attached hydrogens (tertiary/aromatic N) is 2. The molecule has 0 bridgehead atoms. The first-order chi connectivity index (χ1) is 10.6. The van der Waals surface area contributed by atoms with Crippen molar-refractivity contribution in [2.75, 3.05) is 26.3 Å². The number of alkyl halides is 2. The lowest BCUT2D eigenvalue weighted by Gasteiger charge is -2.23. The third-order valence-corrected chi connectivity index (χ3v) is 3.52. The van der Waals surface area contributed by atoms with E-state index < -0.39 is 25.0 Å². The molecule has 0 unspecified atom stereocenters. The normalized spacial score (nSPS) is 18.0. The van der Waals surface area contributed by atoms with E-state index >= 15 is 0 Å². The highest BCUT2D eigenvalue weighted by molar-refractivity contribution is 5.94. The van der Waals surface area contributed by atoms with Crippen LogP contribution in [0.25, 0.3) is 5.69 Å². The Balaban J connectivity index is 1.84. The first-order valence-electron chi connectivity index (χ1n) is 7.03.